The molecule has 0 saturated heterocycles. The average molecular weight is 548 g/mol. The molecule has 0 spiro atoms. The van der Waals surface area contributed by atoms with Crippen LogP contribution in [0.2, 0.25) is 18.1 Å². The molecule has 3 nitrogen and oxygen atoms in total. The van der Waals surface area contributed by atoms with Gasteiger partial charge in [-0.15, -0.1) is 0 Å². The molecule has 2 aliphatic rings. The molecule has 0 radical (unpaired) electrons. The highest BCUT2D eigenvalue weighted by molar-refractivity contribution is 6.74. The largest absolute Gasteiger partial charge is 0.416 e. The van der Waals surface area contributed by atoms with Crippen molar-refractivity contribution in [2.45, 2.75) is 123 Å². The molecule has 1 heterocycles. The second-order valence-electron chi connectivity index (χ2n) is 13.8. The minimum absolute atomic E-state index is 0.0278. The maximum atomic E-state index is 13.2. The molecule has 2 aliphatic carbocycles. The average Bonchev–Trinajstić information content (AvgIpc) is 3.30. The van der Waals surface area contributed by atoms with Gasteiger partial charge in [0.25, 0.3) is 0 Å². The van der Waals surface area contributed by atoms with E-state index in [1.54, 1.807) is 0 Å². The van der Waals surface area contributed by atoms with Crippen LogP contribution in [0.15, 0.2) is 24.3 Å². The first-order chi connectivity index (χ1) is 17.4. The van der Waals surface area contributed by atoms with Crippen LogP contribution in [-0.2, 0) is 17.0 Å². The van der Waals surface area contributed by atoms with Crippen molar-refractivity contribution in [1.82, 2.24) is 4.98 Å². The standard InChI is InChI=1S/C31H44F3NO2Si/c1-19-25-23(17-30(5,6)18-24(25)37-38(7,8)29(2,3)4)35-27(20-11-9-10-12-20)26(19)28(36)21-13-15-22(16-14-21)31(32,33)34/h13-16,20,24,28,36H,9-12,17-18H2,1-8H3. The third-order valence-corrected chi connectivity index (χ3v) is 13.7. The Bertz CT molecular complexity index is 1160. The number of aliphatic hydroxyl groups excluding tert-OH is 1. The van der Waals surface area contributed by atoms with Crippen LogP contribution in [0.1, 0.15) is 124 Å². The molecule has 1 aromatic heterocycles. The lowest BCUT2D eigenvalue weighted by Gasteiger charge is -2.45. The van der Waals surface area contributed by atoms with E-state index >= 15 is 0 Å². The summed E-state index contributed by atoms with van der Waals surface area (Å²) in [7, 11) is -2.11. The highest BCUT2D eigenvalue weighted by Gasteiger charge is 2.44. The molecule has 4 rings (SSSR count). The maximum absolute atomic E-state index is 13.2. The number of fused-ring (bicyclic) bond motifs is 1. The summed E-state index contributed by atoms with van der Waals surface area (Å²) in [5, 5.41) is 11.8. The van der Waals surface area contributed by atoms with Gasteiger partial charge in [-0.05, 0) is 79.4 Å². The fraction of sp³-hybridized carbons (Fsp3) is 0.645. The van der Waals surface area contributed by atoms with Crippen LogP contribution in [0, 0.1) is 12.3 Å². The van der Waals surface area contributed by atoms with Gasteiger partial charge in [-0.2, -0.15) is 13.2 Å². The predicted molar refractivity (Wildman–Crippen MR) is 149 cm³/mol. The molecule has 38 heavy (non-hydrogen) atoms. The Morgan fingerprint density at radius 1 is 1.05 bits per heavy atom. The molecule has 2 aromatic rings. The molecular weight excluding hydrogens is 503 g/mol. The van der Waals surface area contributed by atoms with Gasteiger partial charge in [-0.3, -0.25) is 4.98 Å². The van der Waals surface area contributed by atoms with E-state index in [0.717, 1.165) is 78.7 Å². The van der Waals surface area contributed by atoms with Gasteiger partial charge in [-0.1, -0.05) is 59.6 Å². The smallest absolute Gasteiger partial charge is 0.410 e. The van der Waals surface area contributed by atoms with Gasteiger partial charge in [0, 0.05) is 22.7 Å². The molecule has 1 aromatic carbocycles. The van der Waals surface area contributed by atoms with Crippen molar-refractivity contribution >= 4 is 8.32 Å². The van der Waals surface area contributed by atoms with Gasteiger partial charge < -0.3 is 9.53 Å². The lowest BCUT2D eigenvalue weighted by molar-refractivity contribution is -0.137. The van der Waals surface area contributed by atoms with E-state index in [2.05, 4.69) is 54.6 Å². The molecule has 0 aliphatic heterocycles. The van der Waals surface area contributed by atoms with E-state index in [1.165, 1.54) is 12.1 Å². The SMILES string of the molecule is Cc1c2c(nc(C3CCCC3)c1C(O)c1ccc(C(F)(F)F)cc1)CC(C)(C)CC2O[Si](C)(C)C(C)(C)C. The molecular formula is C31H44F3NO2Si. The topological polar surface area (TPSA) is 42.4 Å². The van der Waals surface area contributed by atoms with Crippen LogP contribution < -0.4 is 0 Å². The van der Waals surface area contributed by atoms with E-state index in [4.69, 9.17) is 9.41 Å². The number of nitrogens with zero attached hydrogens (tertiary/aromatic N) is 1. The number of aliphatic hydroxyl groups is 1. The number of hydrogen-bond donors (Lipinski definition) is 1. The highest BCUT2D eigenvalue weighted by Crippen LogP contribution is 2.50. The zero-order chi connectivity index (χ0) is 28.3. The predicted octanol–water partition coefficient (Wildman–Crippen LogP) is 9.18. The van der Waals surface area contributed by atoms with E-state index in [-0.39, 0.29) is 22.5 Å². The Morgan fingerprint density at radius 2 is 1.63 bits per heavy atom. The molecule has 1 N–H and O–H groups in total. The van der Waals surface area contributed by atoms with Crippen LogP contribution in [0.3, 0.4) is 0 Å². The van der Waals surface area contributed by atoms with Crippen LogP contribution in [0.25, 0.3) is 0 Å². The van der Waals surface area contributed by atoms with Crippen LogP contribution in [0.5, 0.6) is 0 Å². The van der Waals surface area contributed by atoms with E-state index in [1.807, 2.05) is 0 Å². The van der Waals surface area contributed by atoms with Crippen molar-refractivity contribution in [3.05, 3.63) is 63.5 Å². The summed E-state index contributed by atoms with van der Waals surface area (Å²) >= 11 is 0. The van der Waals surface area contributed by atoms with Crippen molar-refractivity contribution in [2.75, 3.05) is 0 Å². The number of rotatable bonds is 5. The van der Waals surface area contributed by atoms with E-state index in [9.17, 15) is 18.3 Å². The summed E-state index contributed by atoms with van der Waals surface area (Å²) in [5.74, 6) is 0.253. The second kappa shape index (κ2) is 10.0. The zero-order valence-electron chi connectivity index (χ0n) is 24.2. The third kappa shape index (κ3) is 5.75. The minimum atomic E-state index is -4.41. The summed E-state index contributed by atoms with van der Waals surface area (Å²) in [5.41, 5.74) is 4.59. The molecule has 7 heteroatoms. The first-order valence-electron chi connectivity index (χ1n) is 14.0. The second-order valence-corrected chi connectivity index (χ2v) is 18.6. The van der Waals surface area contributed by atoms with Crippen LogP contribution in [0.4, 0.5) is 13.2 Å². The number of hydrogen-bond acceptors (Lipinski definition) is 3. The molecule has 1 saturated carbocycles. The maximum Gasteiger partial charge on any atom is 0.416 e. The third-order valence-electron chi connectivity index (χ3n) is 9.17. The van der Waals surface area contributed by atoms with Gasteiger partial charge in [-0.25, -0.2) is 0 Å². The molecule has 1 fully saturated rings. The molecule has 2 unspecified atom stereocenters. The summed E-state index contributed by atoms with van der Waals surface area (Å²) in [6.45, 7) is 17.8. The monoisotopic (exact) mass is 547 g/mol. The van der Waals surface area contributed by atoms with Crippen LogP contribution in [-0.4, -0.2) is 18.4 Å². The van der Waals surface area contributed by atoms with E-state index in [0.29, 0.717) is 5.56 Å². The Morgan fingerprint density at radius 3 is 2.16 bits per heavy atom. The van der Waals surface area contributed by atoms with Crippen molar-refractivity contribution in [2.24, 2.45) is 5.41 Å². The van der Waals surface area contributed by atoms with E-state index < -0.39 is 26.2 Å². The molecule has 0 bridgehead atoms. The first kappa shape index (κ1) is 29.3. The van der Waals surface area contributed by atoms with Crippen molar-refractivity contribution < 1.29 is 22.7 Å². The number of benzene rings is 1. The Hall–Kier alpha value is -1.70. The quantitative estimate of drug-likeness (QED) is 0.380. The van der Waals surface area contributed by atoms with Crippen molar-refractivity contribution in [1.29, 1.82) is 0 Å². The highest BCUT2D eigenvalue weighted by atomic mass is 28.4. The minimum Gasteiger partial charge on any atom is -0.410 e. The van der Waals surface area contributed by atoms with Gasteiger partial charge in [0.2, 0.25) is 0 Å². The molecule has 2 atom stereocenters. The zero-order valence-corrected chi connectivity index (χ0v) is 25.2. The van der Waals surface area contributed by atoms with Crippen molar-refractivity contribution in [3.63, 3.8) is 0 Å². The Balaban J connectivity index is 1.87. The fourth-order valence-corrected chi connectivity index (χ4v) is 7.29. The van der Waals surface area contributed by atoms with Gasteiger partial charge in [0.1, 0.15) is 6.10 Å². The summed E-state index contributed by atoms with van der Waals surface area (Å²) in [6, 6.07) is 4.91. The van der Waals surface area contributed by atoms with Gasteiger partial charge >= 0.3 is 6.18 Å². The molecule has 210 valence electrons. The van der Waals surface area contributed by atoms with Crippen molar-refractivity contribution in [3.8, 4) is 0 Å². The number of aromatic nitrogens is 1. The Kier molecular flexibility index (Phi) is 7.74. The first-order valence-corrected chi connectivity index (χ1v) is 16.9. The lowest BCUT2D eigenvalue weighted by Crippen LogP contribution is -2.44. The number of pyridine rings is 1. The lowest BCUT2D eigenvalue weighted by atomic mass is 9.72. The number of alkyl halides is 3. The normalized spacial score (nSPS) is 21.4. The van der Waals surface area contributed by atoms with Gasteiger partial charge in [0.05, 0.1) is 17.4 Å². The summed E-state index contributed by atoms with van der Waals surface area (Å²) < 4.78 is 46.7. The van der Waals surface area contributed by atoms with Crippen LogP contribution >= 0.6 is 0 Å². The summed E-state index contributed by atoms with van der Waals surface area (Å²) in [6.07, 6.45) is 0.415. The summed E-state index contributed by atoms with van der Waals surface area (Å²) in [4.78, 5) is 5.29. The molecule has 0 amide bonds. The Labute approximate surface area is 227 Å². The fourth-order valence-electron chi connectivity index (χ4n) is 6.02. The number of halogens is 3. The van der Waals surface area contributed by atoms with Gasteiger partial charge in [0.15, 0.2) is 8.32 Å².